The molecule has 0 spiro atoms. The second-order valence-corrected chi connectivity index (χ2v) is 3.94. The number of rotatable bonds is 4. The third kappa shape index (κ3) is 2.34. The summed E-state index contributed by atoms with van der Waals surface area (Å²) in [6, 6.07) is 0. The summed E-state index contributed by atoms with van der Waals surface area (Å²) in [5.74, 6) is 0.813. The van der Waals surface area contributed by atoms with Crippen molar-refractivity contribution in [2.24, 2.45) is 5.92 Å². The molecule has 1 aliphatic carbocycles. The maximum absolute atomic E-state index is 11.4. The van der Waals surface area contributed by atoms with Crippen molar-refractivity contribution in [1.82, 2.24) is 15.5 Å². The van der Waals surface area contributed by atoms with E-state index in [4.69, 9.17) is 0 Å². The largest absolute Gasteiger partial charge is 0.352 e. The Bertz CT molecular complexity index is 328. The minimum Gasteiger partial charge on any atom is -0.352 e. The summed E-state index contributed by atoms with van der Waals surface area (Å²) < 4.78 is 0. The fraction of sp³-hybridized carbons (Fsp3) is 0.600. The molecular weight excluding hydrogens is 178 g/mol. The summed E-state index contributed by atoms with van der Waals surface area (Å²) in [5.41, 5.74) is 2.09. The fourth-order valence-electron chi connectivity index (χ4n) is 1.40. The Morgan fingerprint density at radius 1 is 1.71 bits per heavy atom. The smallest absolute Gasteiger partial charge is 0.220 e. The molecule has 76 valence electrons. The van der Waals surface area contributed by atoms with Gasteiger partial charge in [-0.25, -0.2) is 0 Å². The van der Waals surface area contributed by atoms with E-state index in [2.05, 4.69) is 15.5 Å². The third-order valence-electron chi connectivity index (χ3n) is 2.58. The summed E-state index contributed by atoms with van der Waals surface area (Å²) >= 11 is 0. The SMILES string of the molecule is Cc1[nH]ncc1CNC(=O)CC1CC1. The number of aromatic nitrogens is 2. The van der Waals surface area contributed by atoms with Crippen LogP contribution in [0.4, 0.5) is 0 Å². The van der Waals surface area contributed by atoms with Crippen LogP contribution in [0.1, 0.15) is 30.5 Å². The van der Waals surface area contributed by atoms with E-state index >= 15 is 0 Å². The molecule has 1 aromatic rings. The average molecular weight is 193 g/mol. The summed E-state index contributed by atoms with van der Waals surface area (Å²) in [6.07, 6.45) is 4.89. The number of hydrogen-bond donors (Lipinski definition) is 2. The second kappa shape index (κ2) is 3.82. The number of nitrogens with one attached hydrogen (secondary N) is 2. The van der Waals surface area contributed by atoms with Crippen LogP contribution >= 0.6 is 0 Å². The van der Waals surface area contributed by atoms with Crippen molar-refractivity contribution in [3.05, 3.63) is 17.5 Å². The van der Waals surface area contributed by atoms with Gasteiger partial charge in [0.2, 0.25) is 5.91 Å². The monoisotopic (exact) mass is 193 g/mol. The van der Waals surface area contributed by atoms with Crippen molar-refractivity contribution in [3.63, 3.8) is 0 Å². The van der Waals surface area contributed by atoms with Gasteiger partial charge in [-0.15, -0.1) is 0 Å². The molecule has 1 heterocycles. The Balaban J connectivity index is 1.76. The molecule has 1 aromatic heterocycles. The molecule has 0 radical (unpaired) electrons. The molecule has 0 aliphatic heterocycles. The highest BCUT2D eigenvalue weighted by molar-refractivity contribution is 5.76. The van der Waals surface area contributed by atoms with Gasteiger partial charge in [-0.05, 0) is 25.7 Å². The van der Waals surface area contributed by atoms with Crippen molar-refractivity contribution >= 4 is 5.91 Å². The molecule has 0 saturated heterocycles. The predicted octanol–water partition coefficient (Wildman–Crippen LogP) is 1.13. The molecule has 0 aromatic carbocycles. The van der Waals surface area contributed by atoms with Gasteiger partial charge in [0.15, 0.2) is 0 Å². The minimum absolute atomic E-state index is 0.160. The van der Waals surface area contributed by atoms with E-state index in [1.165, 1.54) is 12.8 Å². The van der Waals surface area contributed by atoms with Gasteiger partial charge in [-0.2, -0.15) is 5.10 Å². The van der Waals surface area contributed by atoms with Gasteiger partial charge in [-0.3, -0.25) is 9.89 Å². The lowest BCUT2D eigenvalue weighted by atomic mass is 10.2. The van der Waals surface area contributed by atoms with Crippen LogP contribution in [-0.2, 0) is 11.3 Å². The van der Waals surface area contributed by atoms with Crippen LogP contribution < -0.4 is 5.32 Å². The van der Waals surface area contributed by atoms with Crippen LogP contribution in [-0.4, -0.2) is 16.1 Å². The van der Waals surface area contributed by atoms with Crippen LogP contribution in [0, 0.1) is 12.8 Å². The molecule has 1 amide bonds. The van der Waals surface area contributed by atoms with Gasteiger partial charge in [0.1, 0.15) is 0 Å². The van der Waals surface area contributed by atoms with E-state index in [0.717, 1.165) is 11.3 Å². The van der Waals surface area contributed by atoms with Gasteiger partial charge < -0.3 is 5.32 Å². The van der Waals surface area contributed by atoms with Gasteiger partial charge in [0.05, 0.1) is 6.20 Å². The highest BCUT2D eigenvalue weighted by Gasteiger charge is 2.24. The number of carbonyl (C=O) groups excluding carboxylic acids is 1. The van der Waals surface area contributed by atoms with Crippen LogP contribution in [0.5, 0.6) is 0 Å². The number of aryl methyl sites for hydroxylation is 1. The van der Waals surface area contributed by atoms with E-state index in [-0.39, 0.29) is 5.91 Å². The van der Waals surface area contributed by atoms with Crippen LogP contribution in [0.15, 0.2) is 6.20 Å². The quantitative estimate of drug-likeness (QED) is 0.753. The first-order valence-electron chi connectivity index (χ1n) is 5.01. The zero-order chi connectivity index (χ0) is 9.97. The first-order valence-corrected chi connectivity index (χ1v) is 5.01. The minimum atomic E-state index is 0.160. The van der Waals surface area contributed by atoms with Crippen molar-refractivity contribution in [2.75, 3.05) is 0 Å². The molecule has 4 heteroatoms. The van der Waals surface area contributed by atoms with E-state index in [1.54, 1.807) is 6.20 Å². The van der Waals surface area contributed by atoms with Crippen molar-refractivity contribution in [2.45, 2.75) is 32.7 Å². The number of nitrogens with zero attached hydrogens (tertiary/aromatic N) is 1. The summed E-state index contributed by atoms with van der Waals surface area (Å²) in [4.78, 5) is 11.4. The molecule has 1 aliphatic rings. The van der Waals surface area contributed by atoms with Crippen LogP contribution in [0.3, 0.4) is 0 Å². The number of amides is 1. The van der Waals surface area contributed by atoms with E-state index in [1.807, 2.05) is 6.92 Å². The Morgan fingerprint density at radius 2 is 2.50 bits per heavy atom. The highest BCUT2D eigenvalue weighted by Crippen LogP contribution is 2.32. The maximum Gasteiger partial charge on any atom is 0.220 e. The summed E-state index contributed by atoms with van der Waals surface area (Å²) in [5, 5.41) is 9.64. The molecule has 2 N–H and O–H groups in total. The molecule has 2 rings (SSSR count). The van der Waals surface area contributed by atoms with E-state index in [9.17, 15) is 4.79 Å². The van der Waals surface area contributed by atoms with Crippen LogP contribution in [0.2, 0.25) is 0 Å². The topological polar surface area (TPSA) is 57.8 Å². The Hall–Kier alpha value is -1.32. The number of carbonyl (C=O) groups is 1. The van der Waals surface area contributed by atoms with Crippen LogP contribution in [0.25, 0.3) is 0 Å². The molecule has 1 saturated carbocycles. The van der Waals surface area contributed by atoms with E-state index in [0.29, 0.717) is 18.9 Å². The standard InChI is InChI=1S/C10H15N3O/c1-7-9(6-12-13-7)5-11-10(14)4-8-2-3-8/h6,8H,2-5H2,1H3,(H,11,14)(H,12,13). The van der Waals surface area contributed by atoms with Gasteiger partial charge in [0.25, 0.3) is 0 Å². The Morgan fingerprint density at radius 3 is 3.07 bits per heavy atom. The number of aromatic amines is 1. The average Bonchev–Trinajstić information content (AvgIpc) is 2.86. The lowest BCUT2D eigenvalue weighted by molar-refractivity contribution is -0.121. The molecule has 14 heavy (non-hydrogen) atoms. The van der Waals surface area contributed by atoms with Gasteiger partial charge in [0, 0.05) is 24.2 Å². The molecule has 0 bridgehead atoms. The van der Waals surface area contributed by atoms with Crippen molar-refractivity contribution < 1.29 is 4.79 Å². The fourth-order valence-corrected chi connectivity index (χ4v) is 1.40. The zero-order valence-corrected chi connectivity index (χ0v) is 8.34. The molecule has 0 unspecified atom stereocenters. The first-order chi connectivity index (χ1) is 6.75. The molecule has 0 atom stereocenters. The maximum atomic E-state index is 11.4. The number of H-pyrrole nitrogens is 1. The lowest BCUT2D eigenvalue weighted by Gasteiger charge is -2.02. The second-order valence-electron chi connectivity index (χ2n) is 3.94. The highest BCUT2D eigenvalue weighted by atomic mass is 16.1. The number of hydrogen-bond acceptors (Lipinski definition) is 2. The van der Waals surface area contributed by atoms with Gasteiger partial charge >= 0.3 is 0 Å². The molecule has 1 fully saturated rings. The predicted molar refractivity (Wildman–Crippen MR) is 52.5 cm³/mol. The van der Waals surface area contributed by atoms with E-state index < -0.39 is 0 Å². The Kier molecular flexibility index (Phi) is 2.52. The molecular formula is C10H15N3O. The Labute approximate surface area is 83.1 Å². The van der Waals surface area contributed by atoms with Crippen molar-refractivity contribution in [3.8, 4) is 0 Å². The molecule has 4 nitrogen and oxygen atoms in total. The van der Waals surface area contributed by atoms with Gasteiger partial charge in [-0.1, -0.05) is 0 Å². The zero-order valence-electron chi connectivity index (χ0n) is 8.34. The summed E-state index contributed by atoms with van der Waals surface area (Å²) in [7, 11) is 0. The third-order valence-corrected chi connectivity index (χ3v) is 2.58. The lowest BCUT2D eigenvalue weighted by Crippen LogP contribution is -2.22. The normalized spacial score (nSPS) is 15.5. The summed E-state index contributed by atoms with van der Waals surface area (Å²) in [6.45, 7) is 2.54. The first kappa shape index (κ1) is 9.24. The van der Waals surface area contributed by atoms with Crippen molar-refractivity contribution in [1.29, 1.82) is 0 Å².